The predicted octanol–water partition coefficient (Wildman–Crippen LogP) is 12.0. The minimum absolute atomic E-state index is 0.145. The van der Waals surface area contributed by atoms with E-state index in [0.29, 0.717) is 5.92 Å². The first-order valence-electron chi connectivity index (χ1n) is 29.2. The minimum Gasteiger partial charge on any atom is -0.458 e. The van der Waals surface area contributed by atoms with Gasteiger partial charge in [0.2, 0.25) is 0 Å². The summed E-state index contributed by atoms with van der Waals surface area (Å²) in [7, 11) is -5.52. The molecule has 81 heavy (non-hydrogen) atoms. The van der Waals surface area contributed by atoms with Crippen LogP contribution >= 0.6 is 0 Å². The average Bonchev–Trinajstić information content (AvgIpc) is 2.32. The lowest BCUT2D eigenvalue weighted by Gasteiger charge is -2.44. The van der Waals surface area contributed by atoms with Crippen molar-refractivity contribution >= 4 is 115 Å². The molecule has 0 aromatic heterocycles. The lowest BCUT2D eigenvalue weighted by atomic mass is 9.33. The molecule has 0 unspecified atom stereocenters. The van der Waals surface area contributed by atoms with Crippen molar-refractivity contribution in [2.45, 2.75) is 59.3 Å². The topological polar surface area (TPSA) is 15.7 Å². The van der Waals surface area contributed by atoms with E-state index >= 15 is 0 Å². The Morgan fingerprint density at radius 3 is 0.926 bits per heavy atom. The van der Waals surface area contributed by atoms with E-state index in [1.165, 1.54) is 120 Å². The van der Waals surface area contributed by atoms with Crippen LogP contribution in [-0.4, -0.2) is 22.9 Å². The second-order valence-corrected chi connectivity index (χ2v) is 31.3. The van der Waals surface area contributed by atoms with E-state index < -0.39 is 16.1 Å². The fourth-order valence-electron chi connectivity index (χ4n) is 15.6. The van der Waals surface area contributed by atoms with Gasteiger partial charge in [0.05, 0.1) is 0 Å². The summed E-state index contributed by atoms with van der Waals surface area (Å²) in [6, 6.07) is 93.5. The van der Waals surface area contributed by atoms with Crippen molar-refractivity contribution in [3.8, 4) is 33.8 Å². The summed E-state index contributed by atoms with van der Waals surface area (Å²) in [6.45, 7) is 14.1. The maximum Gasteiger partial charge on any atom is 0.251 e. The molecule has 0 aliphatic carbocycles. The molecule has 5 aliphatic rings. The highest BCUT2D eigenvalue weighted by Gasteiger charge is 2.56. The van der Waals surface area contributed by atoms with E-state index in [-0.39, 0.29) is 18.5 Å². The third kappa shape index (κ3) is 6.52. The first kappa shape index (κ1) is 48.2. The molecule has 0 saturated heterocycles. The Balaban J connectivity index is 0.930. The molecular weight excluding hydrogens is 1010 g/mol. The Bertz CT molecular complexity index is 3980. The maximum absolute atomic E-state index is 7.34. The third-order valence-corrected chi connectivity index (χ3v) is 28.8. The molecular formula is C75H61BN2OSi2. The summed E-state index contributed by atoms with van der Waals surface area (Å²) in [4.78, 5) is 5.15. The number of hydrogen-bond acceptors (Lipinski definition) is 3. The number of nitrogens with zero attached hydrogens (tertiary/aromatic N) is 2. The summed E-state index contributed by atoms with van der Waals surface area (Å²) in [5, 5.41) is 11.6. The van der Waals surface area contributed by atoms with Crippen LogP contribution in [0.25, 0.3) is 22.3 Å². The van der Waals surface area contributed by atoms with Gasteiger partial charge >= 0.3 is 0 Å². The van der Waals surface area contributed by atoms with Crippen LogP contribution in [0, 0.1) is 0 Å². The van der Waals surface area contributed by atoms with Crippen molar-refractivity contribution in [2.24, 2.45) is 0 Å². The zero-order chi connectivity index (χ0) is 54.5. The van der Waals surface area contributed by atoms with Gasteiger partial charge in [0, 0.05) is 34.1 Å². The second-order valence-electron chi connectivity index (χ2n) is 24.0. The van der Waals surface area contributed by atoms with Crippen molar-refractivity contribution in [1.29, 1.82) is 0 Å². The first-order chi connectivity index (χ1) is 39.7. The van der Waals surface area contributed by atoms with Crippen LogP contribution in [0.15, 0.2) is 243 Å². The van der Waals surface area contributed by atoms with Gasteiger partial charge in [0.15, 0.2) is 16.1 Å². The number of fused-ring (bicyclic) bond motifs is 20. The van der Waals surface area contributed by atoms with Crippen LogP contribution in [0.5, 0.6) is 11.5 Å². The molecule has 0 N–H and O–H groups in total. The van der Waals surface area contributed by atoms with Gasteiger partial charge in [0.25, 0.3) is 6.71 Å². The van der Waals surface area contributed by atoms with E-state index in [1.807, 2.05) is 0 Å². The zero-order valence-electron chi connectivity index (χ0n) is 46.7. The first-order valence-corrected chi connectivity index (χ1v) is 33.2. The monoisotopic (exact) mass is 1070 g/mol. The number of para-hydroxylation sites is 4. The highest BCUT2D eigenvalue weighted by atomic mass is 28.3. The molecule has 11 aromatic rings. The van der Waals surface area contributed by atoms with Crippen molar-refractivity contribution in [3.05, 3.63) is 259 Å². The molecule has 2 spiro atoms. The molecule has 6 heteroatoms. The number of hydrogen-bond donors (Lipinski definition) is 0. The Kier molecular flexibility index (Phi) is 10.7. The van der Waals surface area contributed by atoms with Crippen LogP contribution < -0.4 is 72.4 Å². The van der Waals surface area contributed by atoms with E-state index in [1.54, 1.807) is 0 Å². The van der Waals surface area contributed by atoms with Gasteiger partial charge in [0.1, 0.15) is 11.5 Å². The fourth-order valence-corrected chi connectivity index (χ4v) is 26.7. The van der Waals surface area contributed by atoms with E-state index in [0.717, 1.165) is 22.9 Å². The predicted molar refractivity (Wildman–Crippen MR) is 348 cm³/mol. The summed E-state index contributed by atoms with van der Waals surface area (Å²) in [6.07, 6.45) is 0. The molecule has 0 radical (unpaired) electrons. The largest absolute Gasteiger partial charge is 0.458 e. The van der Waals surface area contributed by atoms with E-state index in [2.05, 4.69) is 294 Å². The standard InChI is InChI=1S/C75H61BN2OSi2/c1-47(2)50-43-57(48(3)4)75(58(44-50)49(5)6)76-59-45-51(77-61-27-11-19-35-71(61)80(72-36-20-12-28-62(72)77)67-31-15-7-23-53(67)54-24-8-16-32-68(54)80)39-41-65(59)79-66-42-40-52(46-60(66)76)78-63-29-13-21-37-73(63)81(74-38-22-14-30-64(74)78)69-33-17-9-25-55(69)56-26-10-18-34-70(56)81/h7-49H,1-6H3. The van der Waals surface area contributed by atoms with E-state index in [9.17, 15) is 0 Å². The number of benzene rings is 11. The smallest absolute Gasteiger partial charge is 0.251 e. The molecule has 0 fully saturated rings. The van der Waals surface area contributed by atoms with E-state index in [4.69, 9.17) is 4.74 Å². The molecule has 388 valence electrons. The minimum atomic E-state index is -2.76. The molecule has 5 heterocycles. The van der Waals surface area contributed by atoms with Crippen LogP contribution in [0.3, 0.4) is 0 Å². The van der Waals surface area contributed by atoms with Crippen LogP contribution in [-0.2, 0) is 0 Å². The fraction of sp³-hybridized carbons (Fsp3) is 0.120. The van der Waals surface area contributed by atoms with Gasteiger partial charge in [-0.2, -0.15) is 0 Å². The molecule has 5 aliphatic heterocycles. The summed E-state index contributed by atoms with van der Waals surface area (Å²) in [5.41, 5.74) is 20.7. The maximum atomic E-state index is 7.34. The van der Waals surface area contributed by atoms with Gasteiger partial charge in [-0.3, -0.25) is 0 Å². The number of anilines is 6. The SMILES string of the molecule is CC(C)c1cc(C(C)C)c(B2c3cc(N4c5ccccc5[Si]5(c6ccccc6-c6ccccc65)c5ccccc54)ccc3Oc3ccc(N4c5ccccc5[Si]5(c6ccccc6-c6ccccc65)c5ccccc54)cc32)c(C(C)C)c1. The molecule has 11 aromatic carbocycles. The molecule has 0 bridgehead atoms. The summed E-state index contributed by atoms with van der Waals surface area (Å²) in [5.74, 6) is 2.75. The van der Waals surface area contributed by atoms with Crippen LogP contribution in [0.1, 0.15) is 76.0 Å². The molecule has 16 rings (SSSR count). The Morgan fingerprint density at radius 2 is 0.617 bits per heavy atom. The van der Waals surface area contributed by atoms with Gasteiger partial charge in [-0.05, 0) is 170 Å². The van der Waals surface area contributed by atoms with Gasteiger partial charge in [-0.25, -0.2) is 0 Å². The van der Waals surface area contributed by atoms with Gasteiger partial charge in [-0.15, -0.1) is 0 Å². The molecule has 3 nitrogen and oxygen atoms in total. The number of ether oxygens (including phenoxy) is 1. The van der Waals surface area contributed by atoms with Crippen molar-refractivity contribution in [2.75, 3.05) is 9.80 Å². The van der Waals surface area contributed by atoms with Crippen molar-refractivity contribution < 1.29 is 4.74 Å². The van der Waals surface area contributed by atoms with Crippen molar-refractivity contribution in [1.82, 2.24) is 0 Å². The Morgan fingerprint density at radius 1 is 0.321 bits per heavy atom. The molecule has 0 atom stereocenters. The lowest BCUT2D eigenvalue weighted by molar-refractivity contribution is 0.487. The second kappa shape index (κ2) is 17.9. The summed E-state index contributed by atoms with van der Waals surface area (Å²) < 4.78 is 7.34. The summed E-state index contributed by atoms with van der Waals surface area (Å²) >= 11 is 0. The third-order valence-electron chi connectivity index (χ3n) is 18.9. The van der Waals surface area contributed by atoms with Gasteiger partial charge in [-0.1, -0.05) is 229 Å². The average molecular weight is 1070 g/mol. The van der Waals surface area contributed by atoms with Gasteiger partial charge < -0.3 is 14.5 Å². The lowest BCUT2D eigenvalue weighted by Crippen LogP contribution is -2.75. The molecule has 0 amide bonds. The van der Waals surface area contributed by atoms with Crippen LogP contribution in [0.2, 0.25) is 0 Å². The Labute approximate surface area is 478 Å². The van der Waals surface area contributed by atoms with Crippen LogP contribution in [0.4, 0.5) is 34.1 Å². The Hall–Kier alpha value is -8.68. The zero-order valence-corrected chi connectivity index (χ0v) is 48.7. The highest BCUT2D eigenvalue weighted by molar-refractivity contribution is 7.24. The normalized spacial score (nSPS) is 14.9. The highest BCUT2D eigenvalue weighted by Crippen LogP contribution is 2.45. The quantitative estimate of drug-likeness (QED) is 0.154. The number of rotatable bonds is 6. The van der Waals surface area contributed by atoms with Crippen molar-refractivity contribution in [3.63, 3.8) is 0 Å². The molecule has 0 saturated carbocycles.